The van der Waals surface area contributed by atoms with Crippen LogP contribution in [0.25, 0.3) is 0 Å². The molecule has 0 spiro atoms. The summed E-state index contributed by atoms with van der Waals surface area (Å²) in [5.41, 5.74) is 4.06. The van der Waals surface area contributed by atoms with Gasteiger partial charge in [-0.2, -0.15) is 0 Å². The van der Waals surface area contributed by atoms with Gasteiger partial charge in [-0.05, 0) is 66.3 Å². The number of halogens is 1. The maximum atomic E-state index is 13.4. The van der Waals surface area contributed by atoms with Crippen LogP contribution in [-0.2, 0) is 17.6 Å². The molecule has 1 aliphatic heterocycles. The number of pyridine rings is 1. The van der Waals surface area contributed by atoms with Gasteiger partial charge in [0, 0.05) is 30.9 Å². The van der Waals surface area contributed by atoms with Crippen LogP contribution in [0.3, 0.4) is 0 Å². The smallest absolute Gasteiger partial charge is 0.226 e. The number of benzene rings is 2. The van der Waals surface area contributed by atoms with Gasteiger partial charge < -0.3 is 9.64 Å². The molecule has 0 unspecified atom stereocenters. The van der Waals surface area contributed by atoms with Crippen molar-refractivity contribution < 1.29 is 13.9 Å². The highest BCUT2D eigenvalue weighted by molar-refractivity contribution is 5.79. The Morgan fingerprint density at radius 3 is 2.52 bits per heavy atom. The number of rotatable bonds is 6. The summed E-state index contributed by atoms with van der Waals surface area (Å²) in [5, 5.41) is 0. The molecule has 1 aromatic heterocycles. The maximum absolute atomic E-state index is 13.4. The Morgan fingerprint density at radius 1 is 1.03 bits per heavy atom. The molecule has 2 heterocycles. The van der Waals surface area contributed by atoms with E-state index in [1.54, 1.807) is 19.2 Å². The zero-order chi connectivity index (χ0) is 21.6. The summed E-state index contributed by atoms with van der Waals surface area (Å²) < 4.78 is 18.6. The molecule has 5 heteroatoms. The third kappa shape index (κ3) is 5.48. The van der Waals surface area contributed by atoms with Crippen molar-refractivity contribution in [2.45, 2.75) is 31.6 Å². The molecule has 0 N–H and O–H groups in total. The number of carbonyl (C=O) groups is 1. The fraction of sp³-hybridized carbons (Fsp3) is 0.308. The fourth-order valence-corrected chi connectivity index (χ4v) is 4.16. The number of nitrogens with zero attached hydrogens (tertiary/aromatic N) is 2. The Balaban J connectivity index is 1.30. The lowest BCUT2D eigenvalue weighted by Crippen LogP contribution is -2.38. The molecule has 31 heavy (non-hydrogen) atoms. The third-order valence-corrected chi connectivity index (χ3v) is 5.90. The molecule has 1 fully saturated rings. The van der Waals surface area contributed by atoms with Gasteiger partial charge in [-0.3, -0.25) is 9.78 Å². The highest BCUT2D eigenvalue weighted by atomic mass is 19.1. The molecule has 1 saturated heterocycles. The minimum atomic E-state index is -0.213. The second-order valence-corrected chi connectivity index (χ2v) is 8.08. The van der Waals surface area contributed by atoms with Crippen LogP contribution in [0.1, 0.15) is 41.1 Å². The monoisotopic (exact) mass is 418 g/mol. The van der Waals surface area contributed by atoms with Gasteiger partial charge in [0.1, 0.15) is 11.6 Å². The van der Waals surface area contributed by atoms with Crippen LogP contribution < -0.4 is 4.74 Å². The predicted molar refractivity (Wildman–Crippen MR) is 119 cm³/mol. The molecule has 0 bridgehead atoms. The van der Waals surface area contributed by atoms with Crippen molar-refractivity contribution in [1.82, 2.24) is 9.88 Å². The number of aromatic nitrogens is 1. The molecule has 1 aliphatic rings. The number of hydrogen-bond donors (Lipinski definition) is 0. The van der Waals surface area contributed by atoms with Gasteiger partial charge in [0.05, 0.1) is 13.5 Å². The minimum Gasteiger partial charge on any atom is -0.497 e. The predicted octanol–water partition coefficient (Wildman–Crippen LogP) is 4.77. The topological polar surface area (TPSA) is 42.4 Å². The molecule has 160 valence electrons. The van der Waals surface area contributed by atoms with Crippen molar-refractivity contribution in [3.63, 3.8) is 0 Å². The number of ether oxygens (including phenoxy) is 1. The van der Waals surface area contributed by atoms with E-state index in [-0.39, 0.29) is 11.7 Å². The van der Waals surface area contributed by atoms with Crippen molar-refractivity contribution >= 4 is 5.91 Å². The quantitative estimate of drug-likeness (QED) is 0.579. The molecular formula is C26H27FN2O2. The zero-order valence-corrected chi connectivity index (χ0v) is 17.8. The number of carbonyl (C=O) groups excluding carboxylic acids is 1. The Bertz CT molecular complexity index is 1030. The lowest BCUT2D eigenvalue weighted by atomic mass is 9.92. The first-order chi connectivity index (χ1) is 15.1. The number of hydrogen-bond acceptors (Lipinski definition) is 3. The van der Waals surface area contributed by atoms with Crippen LogP contribution in [0.15, 0.2) is 66.9 Å². The molecule has 4 nitrogen and oxygen atoms in total. The van der Waals surface area contributed by atoms with Crippen LogP contribution in [0.2, 0.25) is 0 Å². The summed E-state index contributed by atoms with van der Waals surface area (Å²) in [5.74, 6) is 1.08. The van der Waals surface area contributed by atoms with E-state index >= 15 is 0 Å². The van der Waals surface area contributed by atoms with Gasteiger partial charge in [0.2, 0.25) is 5.91 Å². The molecule has 0 atom stereocenters. The highest BCUT2D eigenvalue weighted by Crippen LogP contribution is 2.27. The first-order valence-electron chi connectivity index (χ1n) is 10.7. The molecule has 0 aliphatic carbocycles. The van der Waals surface area contributed by atoms with E-state index in [1.807, 2.05) is 41.4 Å². The summed E-state index contributed by atoms with van der Waals surface area (Å²) in [6, 6.07) is 18.5. The van der Waals surface area contributed by atoms with E-state index in [9.17, 15) is 9.18 Å². The van der Waals surface area contributed by atoms with Gasteiger partial charge >= 0.3 is 0 Å². The van der Waals surface area contributed by atoms with Crippen molar-refractivity contribution in [1.29, 1.82) is 0 Å². The third-order valence-electron chi connectivity index (χ3n) is 5.90. The lowest BCUT2D eigenvalue weighted by Gasteiger charge is -2.32. The zero-order valence-electron chi connectivity index (χ0n) is 17.8. The largest absolute Gasteiger partial charge is 0.497 e. The Labute approximate surface area is 182 Å². The fourth-order valence-electron chi connectivity index (χ4n) is 4.16. The molecule has 2 aromatic carbocycles. The Morgan fingerprint density at radius 2 is 1.81 bits per heavy atom. The SMILES string of the molecule is COc1cccc(CC(=O)N2CCC(c3ccc(Cc4cccc(F)c4)cn3)CC2)c1. The molecule has 1 amide bonds. The van der Waals surface area contributed by atoms with Crippen LogP contribution >= 0.6 is 0 Å². The van der Waals surface area contributed by atoms with Crippen LogP contribution in [-0.4, -0.2) is 36.0 Å². The number of methoxy groups -OCH3 is 1. The normalized spacial score (nSPS) is 14.5. The maximum Gasteiger partial charge on any atom is 0.226 e. The van der Waals surface area contributed by atoms with Crippen LogP contribution in [0.4, 0.5) is 4.39 Å². The minimum absolute atomic E-state index is 0.158. The first-order valence-corrected chi connectivity index (χ1v) is 10.7. The van der Waals surface area contributed by atoms with Gasteiger partial charge in [-0.25, -0.2) is 4.39 Å². The second kappa shape index (κ2) is 9.73. The van der Waals surface area contributed by atoms with E-state index in [0.717, 1.165) is 54.1 Å². The number of piperidine rings is 1. The van der Waals surface area contributed by atoms with Crippen LogP contribution in [0.5, 0.6) is 5.75 Å². The number of likely N-dealkylation sites (tertiary alicyclic amines) is 1. The molecular weight excluding hydrogens is 391 g/mol. The van der Waals surface area contributed by atoms with E-state index in [2.05, 4.69) is 17.1 Å². The van der Waals surface area contributed by atoms with Crippen molar-refractivity contribution in [3.8, 4) is 5.75 Å². The molecule has 4 rings (SSSR count). The van der Waals surface area contributed by atoms with Crippen molar-refractivity contribution in [2.75, 3.05) is 20.2 Å². The summed E-state index contributed by atoms with van der Waals surface area (Å²) in [7, 11) is 1.63. The molecule has 0 saturated carbocycles. The second-order valence-electron chi connectivity index (χ2n) is 8.08. The Kier molecular flexibility index (Phi) is 6.60. The van der Waals surface area contributed by atoms with Crippen molar-refractivity contribution in [2.24, 2.45) is 0 Å². The van der Waals surface area contributed by atoms with Crippen LogP contribution in [0, 0.1) is 5.82 Å². The summed E-state index contributed by atoms with van der Waals surface area (Å²) in [4.78, 5) is 19.3. The van der Waals surface area contributed by atoms with Gasteiger partial charge in [-0.1, -0.05) is 30.3 Å². The lowest BCUT2D eigenvalue weighted by molar-refractivity contribution is -0.131. The average Bonchev–Trinajstić information content (AvgIpc) is 2.80. The average molecular weight is 419 g/mol. The van der Waals surface area contributed by atoms with E-state index < -0.39 is 0 Å². The highest BCUT2D eigenvalue weighted by Gasteiger charge is 2.24. The van der Waals surface area contributed by atoms with E-state index in [4.69, 9.17) is 4.74 Å². The van der Waals surface area contributed by atoms with Gasteiger partial charge in [0.15, 0.2) is 0 Å². The number of amides is 1. The van der Waals surface area contributed by atoms with E-state index in [0.29, 0.717) is 18.8 Å². The summed E-state index contributed by atoms with van der Waals surface area (Å²) in [6.45, 7) is 1.50. The molecule has 0 radical (unpaired) electrons. The van der Waals surface area contributed by atoms with Crippen molar-refractivity contribution in [3.05, 3.63) is 95.1 Å². The Hall–Kier alpha value is -3.21. The van der Waals surface area contributed by atoms with Gasteiger partial charge in [0.25, 0.3) is 0 Å². The van der Waals surface area contributed by atoms with E-state index in [1.165, 1.54) is 6.07 Å². The summed E-state index contributed by atoms with van der Waals surface area (Å²) in [6.07, 6.45) is 4.79. The first kappa shape index (κ1) is 21.0. The standard InChI is InChI=1S/C26H27FN2O2/c1-31-24-7-3-5-20(16-24)17-26(30)29-12-10-22(11-13-29)25-9-8-21(18-28-25)14-19-4-2-6-23(27)15-19/h2-9,15-16,18,22H,10-14,17H2,1H3. The summed E-state index contributed by atoms with van der Waals surface area (Å²) >= 11 is 0. The van der Waals surface area contributed by atoms with Gasteiger partial charge in [-0.15, -0.1) is 0 Å². The molecule has 3 aromatic rings.